The van der Waals surface area contributed by atoms with E-state index >= 15 is 0 Å². The summed E-state index contributed by atoms with van der Waals surface area (Å²) in [4.78, 5) is 11.5. The Bertz CT molecular complexity index is 1330. The van der Waals surface area contributed by atoms with Crippen LogP contribution in [0.2, 0.25) is 5.28 Å². The van der Waals surface area contributed by atoms with Crippen LogP contribution in [0.25, 0.3) is 0 Å². The number of hydrogen-bond acceptors (Lipinski definition) is 11. The number of halogens is 1. The number of sulfonamides is 1. The number of anilines is 3. The number of nitrogens with one attached hydrogen (secondary N) is 2. The molecule has 3 rings (SSSR count). The SMILES string of the molecule is CS(=O)(=O)NC1CN1c1nc(Cl)nc(Nc2cc(S(=O)(=O)O)ccc2S(=O)(=O)O)n1. The zero-order valence-electron chi connectivity index (χ0n) is 14.8. The smallest absolute Gasteiger partial charge is 0.296 e. The van der Waals surface area contributed by atoms with Gasteiger partial charge in [-0.05, 0) is 29.8 Å². The van der Waals surface area contributed by atoms with E-state index in [0.29, 0.717) is 0 Å². The molecule has 1 atom stereocenters. The van der Waals surface area contributed by atoms with Crippen molar-refractivity contribution in [3.8, 4) is 0 Å². The second-order valence-electron chi connectivity index (χ2n) is 6.02. The highest BCUT2D eigenvalue weighted by Gasteiger charge is 2.39. The van der Waals surface area contributed by atoms with E-state index in [-0.39, 0.29) is 23.7 Å². The molecule has 164 valence electrons. The highest BCUT2D eigenvalue weighted by atomic mass is 35.5. The van der Waals surface area contributed by atoms with Gasteiger partial charge in [-0.2, -0.15) is 36.5 Å². The van der Waals surface area contributed by atoms with Crippen molar-refractivity contribution in [1.82, 2.24) is 19.7 Å². The Morgan fingerprint density at radius 1 is 1.07 bits per heavy atom. The van der Waals surface area contributed by atoms with E-state index in [9.17, 15) is 34.4 Å². The molecule has 30 heavy (non-hydrogen) atoms. The molecule has 2 aromatic rings. The Morgan fingerprint density at radius 2 is 1.73 bits per heavy atom. The lowest BCUT2D eigenvalue weighted by atomic mass is 10.3. The molecule has 0 aliphatic carbocycles. The van der Waals surface area contributed by atoms with Crippen LogP contribution in [0.5, 0.6) is 0 Å². The van der Waals surface area contributed by atoms with Gasteiger partial charge in [0.1, 0.15) is 11.1 Å². The quantitative estimate of drug-likeness (QED) is 0.278. The number of nitrogens with zero attached hydrogens (tertiary/aromatic N) is 4. The van der Waals surface area contributed by atoms with Crippen molar-refractivity contribution >= 4 is 59.4 Å². The third-order valence-electron chi connectivity index (χ3n) is 3.59. The second kappa shape index (κ2) is 7.52. The van der Waals surface area contributed by atoms with Crippen LogP contribution in [-0.2, 0) is 30.3 Å². The first-order valence-electron chi connectivity index (χ1n) is 7.65. The van der Waals surface area contributed by atoms with Crippen molar-refractivity contribution in [1.29, 1.82) is 0 Å². The minimum atomic E-state index is -4.80. The maximum Gasteiger partial charge on any atom is 0.296 e. The average Bonchev–Trinajstić information content (AvgIpc) is 3.29. The normalized spacial score (nSPS) is 17.1. The molecule has 18 heteroatoms. The summed E-state index contributed by atoms with van der Waals surface area (Å²) in [7, 11) is -13.0. The fourth-order valence-electron chi connectivity index (χ4n) is 2.34. The topological polar surface area (TPSA) is 209 Å². The first-order chi connectivity index (χ1) is 13.6. The summed E-state index contributed by atoms with van der Waals surface area (Å²) in [5.41, 5.74) is -0.475. The van der Waals surface area contributed by atoms with Gasteiger partial charge in [0.25, 0.3) is 20.2 Å². The summed E-state index contributed by atoms with van der Waals surface area (Å²) in [6, 6.07) is 2.26. The van der Waals surface area contributed by atoms with Gasteiger partial charge >= 0.3 is 0 Å². The van der Waals surface area contributed by atoms with Crippen LogP contribution in [0.15, 0.2) is 28.0 Å². The summed E-state index contributed by atoms with van der Waals surface area (Å²) in [5, 5.41) is 2.05. The van der Waals surface area contributed by atoms with E-state index in [1.54, 1.807) is 0 Å². The number of hydrogen-bond donors (Lipinski definition) is 4. The van der Waals surface area contributed by atoms with E-state index < -0.39 is 51.9 Å². The number of rotatable bonds is 7. The van der Waals surface area contributed by atoms with E-state index in [0.717, 1.165) is 24.5 Å². The zero-order valence-corrected chi connectivity index (χ0v) is 18.0. The van der Waals surface area contributed by atoms with Gasteiger partial charge in [-0.25, -0.2) is 8.42 Å². The molecule has 0 bridgehead atoms. The van der Waals surface area contributed by atoms with Crippen LogP contribution in [-0.4, -0.2) is 68.3 Å². The molecule has 1 aliphatic heterocycles. The third-order valence-corrected chi connectivity index (χ3v) is 6.22. The van der Waals surface area contributed by atoms with Crippen LogP contribution in [0.3, 0.4) is 0 Å². The molecule has 1 saturated heterocycles. The molecular weight excluding hydrogens is 488 g/mol. The molecule has 0 radical (unpaired) electrons. The lowest BCUT2D eigenvalue weighted by Crippen LogP contribution is -2.28. The van der Waals surface area contributed by atoms with Gasteiger partial charge in [-0.1, -0.05) is 0 Å². The molecule has 0 spiro atoms. The Hall–Kier alpha value is -2.15. The Labute approximate surface area is 175 Å². The van der Waals surface area contributed by atoms with E-state index in [1.807, 2.05) is 0 Å². The van der Waals surface area contributed by atoms with Crippen molar-refractivity contribution in [3.63, 3.8) is 0 Å². The van der Waals surface area contributed by atoms with Gasteiger partial charge in [0.15, 0.2) is 0 Å². The molecule has 0 amide bonds. The summed E-state index contributed by atoms with van der Waals surface area (Å²) < 4.78 is 89.3. The van der Waals surface area contributed by atoms with E-state index in [4.69, 9.17) is 11.6 Å². The van der Waals surface area contributed by atoms with Gasteiger partial charge in [0.05, 0.1) is 23.4 Å². The highest BCUT2D eigenvalue weighted by Crippen LogP contribution is 2.29. The average molecular weight is 501 g/mol. The van der Waals surface area contributed by atoms with Crippen molar-refractivity contribution in [3.05, 3.63) is 23.5 Å². The Balaban J connectivity index is 1.98. The zero-order chi connectivity index (χ0) is 22.5. The molecule has 14 nitrogen and oxygen atoms in total. The lowest BCUT2D eigenvalue weighted by molar-refractivity contribution is 0.479. The highest BCUT2D eigenvalue weighted by molar-refractivity contribution is 7.88. The fraction of sp³-hybridized carbons (Fsp3) is 0.250. The van der Waals surface area contributed by atoms with E-state index in [1.165, 1.54) is 4.90 Å². The lowest BCUT2D eigenvalue weighted by Gasteiger charge is -2.12. The first kappa shape index (κ1) is 22.5. The van der Waals surface area contributed by atoms with Crippen LogP contribution in [0.4, 0.5) is 17.6 Å². The summed E-state index contributed by atoms with van der Waals surface area (Å²) in [6.45, 7) is 0.224. The Kier molecular flexibility index (Phi) is 5.65. The minimum absolute atomic E-state index is 0.0574. The van der Waals surface area contributed by atoms with Gasteiger partial charge in [0, 0.05) is 0 Å². The Morgan fingerprint density at radius 3 is 2.30 bits per heavy atom. The van der Waals surface area contributed by atoms with E-state index in [2.05, 4.69) is 25.0 Å². The van der Waals surface area contributed by atoms with Gasteiger partial charge in [-0.3, -0.25) is 9.11 Å². The summed E-state index contributed by atoms with van der Waals surface area (Å²) in [6.07, 6.45) is 0.346. The van der Waals surface area contributed by atoms with Crippen molar-refractivity contribution in [2.24, 2.45) is 0 Å². The predicted octanol–water partition coefficient (Wildman–Crippen LogP) is -0.543. The molecule has 1 aliphatic rings. The number of aromatic nitrogens is 3. The molecular formula is C12H13ClN6O8S3. The van der Waals surface area contributed by atoms with Crippen molar-refractivity contribution < 1.29 is 34.4 Å². The predicted molar refractivity (Wildman–Crippen MR) is 103 cm³/mol. The monoisotopic (exact) mass is 500 g/mol. The molecule has 0 saturated carbocycles. The van der Waals surface area contributed by atoms with Crippen LogP contribution < -0.4 is 14.9 Å². The molecule has 1 fully saturated rings. The van der Waals surface area contributed by atoms with Gasteiger partial charge in [-0.15, -0.1) is 0 Å². The maximum absolute atomic E-state index is 11.6. The summed E-state index contributed by atoms with van der Waals surface area (Å²) >= 11 is 5.83. The van der Waals surface area contributed by atoms with Crippen molar-refractivity contribution in [2.75, 3.05) is 23.0 Å². The number of benzene rings is 1. The standard InChI is InChI=1S/C12H13ClN6O8S3/c1-28(20,21)18-9-5-19(9)12-16-10(13)15-11(17-12)14-7-4-6(29(22,23)24)2-3-8(7)30(25,26)27/h2-4,9,18H,5H2,1H3,(H,22,23,24)(H,25,26,27)(H,14,15,16,17). The minimum Gasteiger partial charge on any atom is -0.323 e. The fourth-order valence-corrected chi connectivity index (χ4v) is 4.33. The molecule has 4 N–H and O–H groups in total. The molecule has 1 aromatic heterocycles. The van der Waals surface area contributed by atoms with Crippen molar-refractivity contribution in [2.45, 2.75) is 16.0 Å². The molecule has 2 heterocycles. The van der Waals surface area contributed by atoms with Crippen LogP contribution in [0.1, 0.15) is 0 Å². The van der Waals surface area contributed by atoms with Crippen LogP contribution >= 0.6 is 11.6 Å². The van der Waals surface area contributed by atoms with Gasteiger partial charge in [0.2, 0.25) is 27.2 Å². The second-order valence-corrected chi connectivity index (χ2v) is 10.9. The first-order valence-corrected chi connectivity index (χ1v) is 12.8. The van der Waals surface area contributed by atoms with Crippen LogP contribution in [0, 0.1) is 0 Å². The maximum atomic E-state index is 11.6. The molecule has 1 aromatic carbocycles. The molecule has 1 unspecified atom stereocenters. The van der Waals surface area contributed by atoms with Gasteiger partial charge < -0.3 is 10.2 Å². The third kappa shape index (κ3) is 5.50. The summed E-state index contributed by atoms with van der Waals surface area (Å²) in [5.74, 6) is -0.398. The largest absolute Gasteiger partial charge is 0.323 e.